The Labute approximate surface area is 92.6 Å². The molecule has 92 valence electrons. The maximum absolute atomic E-state index is 9.95. The lowest BCUT2D eigenvalue weighted by atomic mass is 9.94. The Balaban J connectivity index is 3.65. The number of methoxy groups -OCH3 is 1. The average molecular weight is 219 g/mol. The summed E-state index contributed by atoms with van der Waals surface area (Å²) in [6.07, 6.45) is 0.241. The molecule has 0 bridgehead atoms. The number of nitrogens with one attached hydrogen (secondary N) is 1. The van der Waals surface area contributed by atoms with Crippen LogP contribution in [0.2, 0.25) is 0 Å². The molecule has 0 aromatic carbocycles. The molecule has 4 nitrogen and oxygen atoms in total. The Bertz CT molecular complexity index is 160. The van der Waals surface area contributed by atoms with E-state index in [1.807, 2.05) is 6.92 Å². The summed E-state index contributed by atoms with van der Waals surface area (Å²) in [5.74, 6) is 0.464. The summed E-state index contributed by atoms with van der Waals surface area (Å²) in [5.41, 5.74) is -0.707. The van der Waals surface area contributed by atoms with Gasteiger partial charge in [0.05, 0.1) is 18.3 Å². The first-order chi connectivity index (χ1) is 6.87. The zero-order valence-electron chi connectivity index (χ0n) is 10.3. The van der Waals surface area contributed by atoms with Gasteiger partial charge in [-0.1, -0.05) is 13.8 Å². The molecule has 0 spiro atoms. The second-order valence-electron chi connectivity index (χ2n) is 4.83. The van der Waals surface area contributed by atoms with E-state index in [-0.39, 0.29) is 0 Å². The van der Waals surface area contributed by atoms with Gasteiger partial charge < -0.3 is 20.3 Å². The molecular formula is C11H25NO3. The Morgan fingerprint density at radius 1 is 1.40 bits per heavy atom. The van der Waals surface area contributed by atoms with E-state index in [1.54, 1.807) is 7.11 Å². The van der Waals surface area contributed by atoms with Crippen LogP contribution in [0.15, 0.2) is 0 Å². The number of rotatable bonds is 8. The first kappa shape index (κ1) is 14.8. The molecule has 3 N–H and O–H groups in total. The van der Waals surface area contributed by atoms with Crippen molar-refractivity contribution in [3.05, 3.63) is 0 Å². The molecule has 0 heterocycles. The molecule has 0 amide bonds. The molecule has 0 aliphatic carbocycles. The van der Waals surface area contributed by atoms with Crippen LogP contribution in [0, 0.1) is 5.92 Å². The molecular weight excluding hydrogens is 194 g/mol. The lowest BCUT2D eigenvalue weighted by molar-refractivity contribution is 0.0280. The molecule has 0 aliphatic rings. The number of ether oxygens (including phenoxy) is 1. The van der Waals surface area contributed by atoms with Crippen molar-refractivity contribution in [3.8, 4) is 0 Å². The second-order valence-corrected chi connectivity index (χ2v) is 4.83. The van der Waals surface area contributed by atoms with Gasteiger partial charge in [0.2, 0.25) is 0 Å². The van der Waals surface area contributed by atoms with Crippen molar-refractivity contribution in [1.82, 2.24) is 5.32 Å². The third-order valence-electron chi connectivity index (χ3n) is 2.09. The SMILES string of the molecule is COCC(O)CNCC(C)(O)CC(C)C. The maximum atomic E-state index is 9.95. The van der Waals surface area contributed by atoms with E-state index < -0.39 is 11.7 Å². The molecule has 0 aromatic rings. The van der Waals surface area contributed by atoms with Gasteiger partial charge in [0.15, 0.2) is 0 Å². The fourth-order valence-corrected chi connectivity index (χ4v) is 1.71. The van der Waals surface area contributed by atoms with Crippen LogP contribution in [0.4, 0.5) is 0 Å². The van der Waals surface area contributed by atoms with Gasteiger partial charge in [0.1, 0.15) is 0 Å². The van der Waals surface area contributed by atoms with E-state index in [0.717, 1.165) is 6.42 Å². The summed E-state index contributed by atoms with van der Waals surface area (Å²) in [6.45, 7) is 7.22. The quantitative estimate of drug-likeness (QED) is 0.552. The smallest absolute Gasteiger partial charge is 0.0897 e. The van der Waals surface area contributed by atoms with Gasteiger partial charge in [-0.15, -0.1) is 0 Å². The predicted octanol–water partition coefficient (Wildman–Crippen LogP) is 0.380. The summed E-state index contributed by atoms with van der Waals surface area (Å²) >= 11 is 0. The fraction of sp³-hybridized carbons (Fsp3) is 1.00. The number of hydrogen-bond donors (Lipinski definition) is 3. The zero-order chi connectivity index (χ0) is 11.9. The molecule has 2 unspecified atom stereocenters. The molecule has 0 saturated heterocycles. The Kier molecular flexibility index (Phi) is 7.09. The van der Waals surface area contributed by atoms with E-state index in [0.29, 0.717) is 25.6 Å². The highest BCUT2D eigenvalue weighted by Gasteiger charge is 2.21. The largest absolute Gasteiger partial charge is 0.389 e. The highest BCUT2D eigenvalue weighted by molar-refractivity contribution is 4.77. The van der Waals surface area contributed by atoms with Crippen LogP contribution in [-0.4, -0.2) is 48.7 Å². The minimum Gasteiger partial charge on any atom is -0.389 e. The van der Waals surface area contributed by atoms with Crippen LogP contribution >= 0.6 is 0 Å². The first-order valence-electron chi connectivity index (χ1n) is 5.47. The Morgan fingerprint density at radius 3 is 2.47 bits per heavy atom. The maximum Gasteiger partial charge on any atom is 0.0897 e. The third-order valence-corrected chi connectivity index (χ3v) is 2.09. The molecule has 4 heteroatoms. The van der Waals surface area contributed by atoms with Crippen molar-refractivity contribution in [2.24, 2.45) is 5.92 Å². The molecule has 2 atom stereocenters. The molecule has 0 saturated carbocycles. The number of aliphatic hydroxyl groups is 2. The monoisotopic (exact) mass is 219 g/mol. The van der Waals surface area contributed by atoms with Crippen LogP contribution in [0.1, 0.15) is 27.2 Å². The molecule has 0 radical (unpaired) electrons. The van der Waals surface area contributed by atoms with Gasteiger partial charge in [0, 0.05) is 20.2 Å². The summed E-state index contributed by atoms with van der Waals surface area (Å²) in [7, 11) is 1.55. The second kappa shape index (κ2) is 7.17. The normalized spacial score (nSPS) is 17.8. The fourth-order valence-electron chi connectivity index (χ4n) is 1.71. The van der Waals surface area contributed by atoms with Crippen LogP contribution in [0.3, 0.4) is 0 Å². The van der Waals surface area contributed by atoms with E-state index >= 15 is 0 Å². The van der Waals surface area contributed by atoms with Crippen LogP contribution in [0.5, 0.6) is 0 Å². The van der Waals surface area contributed by atoms with Gasteiger partial charge in [-0.2, -0.15) is 0 Å². The summed E-state index contributed by atoms with van der Waals surface area (Å²) in [6, 6.07) is 0. The first-order valence-corrected chi connectivity index (χ1v) is 5.47. The molecule has 15 heavy (non-hydrogen) atoms. The van der Waals surface area contributed by atoms with E-state index in [2.05, 4.69) is 19.2 Å². The van der Waals surface area contributed by atoms with Crippen molar-refractivity contribution >= 4 is 0 Å². The molecule has 0 fully saturated rings. The van der Waals surface area contributed by atoms with Gasteiger partial charge in [-0.25, -0.2) is 0 Å². The van der Waals surface area contributed by atoms with Gasteiger partial charge in [-0.05, 0) is 19.3 Å². The summed E-state index contributed by atoms with van der Waals surface area (Å²) in [4.78, 5) is 0. The van der Waals surface area contributed by atoms with E-state index in [9.17, 15) is 10.2 Å². The predicted molar refractivity (Wildman–Crippen MR) is 60.8 cm³/mol. The van der Waals surface area contributed by atoms with Gasteiger partial charge >= 0.3 is 0 Å². The minimum atomic E-state index is -0.707. The highest BCUT2D eigenvalue weighted by atomic mass is 16.5. The summed E-state index contributed by atoms with van der Waals surface area (Å²) < 4.78 is 4.80. The Morgan fingerprint density at radius 2 is 2.00 bits per heavy atom. The molecule has 0 aliphatic heterocycles. The standard InChI is InChI=1S/C11H25NO3/c1-9(2)5-11(3,14)8-12-6-10(13)7-15-4/h9-10,12-14H,5-8H2,1-4H3. The van der Waals surface area contributed by atoms with Crippen molar-refractivity contribution in [3.63, 3.8) is 0 Å². The average Bonchev–Trinajstić information content (AvgIpc) is 2.01. The zero-order valence-corrected chi connectivity index (χ0v) is 10.3. The number of aliphatic hydroxyl groups excluding tert-OH is 1. The van der Waals surface area contributed by atoms with Crippen LogP contribution < -0.4 is 5.32 Å². The van der Waals surface area contributed by atoms with Crippen molar-refractivity contribution in [1.29, 1.82) is 0 Å². The van der Waals surface area contributed by atoms with Crippen molar-refractivity contribution in [2.75, 3.05) is 26.8 Å². The highest BCUT2D eigenvalue weighted by Crippen LogP contribution is 2.14. The molecule has 0 aromatic heterocycles. The van der Waals surface area contributed by atoms with Crippen molar-refractivity contribution < 1.29 is 14.9 Å². The Hall–Kier alpha value is -0.160. The number of hydrogen-bond acceptors (Lipinski definition) is 4. The van der Waals surface area contributed by atoms with Crippen LogP contribution in [0.25, 0.3) is 0 Å². The lowest BCUT2D eigenvalue weighted by Gasteiger charge is -2.26. The lowest BCUT2D eigenvalue weighted by Crippen LogP contribution is -2.42. The minimum absolute atomic E-state index is 0.319. The van der Waals surface area contributed by atoms with Gasteiger partial charge in [0.25, 0.3) is 0 Å². The van der Waals surface area contributed by atoms with E-state index in [4.69, 9.17) is 4.74 Å². The third kappa shape index (κ3) is 8.81. The topological polar surface area (TPSA) is 61.7 Å². The summed E-state index contributed by atoms with van der Waals surface area (Å²) in [5, 5.41) is 22.3. The van der Waals surface area contributed by atoms with E-state index in [1.165, 1.54) is 0 Å². The van der Waals surface area contributed by atoms with Gasteiger partial charge in [-0.3, -0.25) is 0 Å². The van der Waals surface area contributed by atoms with Crippen LogP contribution in [-0.2, 0) is 4.74 Å². The van der Waals surface area contributed by atoms with Crippen molar-refractivity contribution in [2.45, 2.75) is 38.9 Å². The molecule has 0 rings (SSSR count).